The maximum Gasteiger partial charge on any atom is 0.144 e. The predicted molar refractivity (Wildman–Crippen MR) is 140 cm³/mol. The van der Waals surface area contributed by atoms with Crippen molar-refractivity contribution in [3.05, 3.63) is 90.1 Å². The van der Waals surface area contributed by atoms with Gasteiger partial charge in [-0.1, -0.05) is 89.2 Å². The van der Waals surface area contributed by atoms with Gasteiger partial charge in [0.2, 0.25) is 0 Å². The minimum atomic E-state index is 0.224. The first-order valence-electron chi connectivity index (χ1n) is 11.8. The molecule has 5 rings (SSSR count). The summed E-state index contributed by atoms with van der Waals surface area (Å²) in [6.07, 6.45) is 2.93. The van der Waals surface area contributed by atoms with Crippen molar-refractivity contribution in [2.24, 2.45) is 5.41 Å². The molecule has 0 radical (unpaired) electrons. The van der Waals surface area contributed by atoms with Gasteiger partial charge in [0.1, 0.15) is 11.2 Å². The molecule has 0 saturated heterocycles. The number of nitrogens with zero attached hydrogens (tertiary/aromatic N) is 1. The lowest BCUT2D eigenvalue weighted by atomic mass is 9.88. The molecule has 0 aliphatic rings. The van der Waals surface area contributed by atoms with Crippen molar-refractivity contribution in [3.8, 4) is 22.4 Å². The van der Waals surface area contributed by atoms with Gasteiger partial charge in [0.25, 0.3) is 0 Å². The molecule has 2 nitrogen and oxygen atoms in total. The minimum Gasteiger partial charge on any atom is -0.455 e. The third-order valence-corrected chi connectivity index (χ3v) is 6.22. The fourth-order valence-electron chi connectivity index (χ4n) is 4.81. The first kappa shape index (κ1) is 21.5. The first-order valence-corrected chi connectivity index (χ1v) is 11.8. The average molecular weight is 434 g/mol. The first-order chi connectivity index (χ1) is 15.8. The Bertz CT molecular complexity index is 1440. The van der Waals surface area contributed by atoms with Crippen LogP contribution in [0, 0.1) is 5.41 Å². The summed E-state index contributed by atoms with van der Waals surface area (Å²) in [4.78, 5) is 4.73. The molecule has 2 aromatic heterocycles. The molecule has 0 bridgehead atoms. The van der Waals surface area contributed by atoms with E-state index in [0.29, 0.717) is 5.92 Å². The fourth-order valence-corrected chi connectivity index (χ4v) is 4.81. The summed E-state index contributed by atoms with van der Waals surface area (Å²) >= 11 is 0. The molecule has 2 heteroatoms. The summed E-state index contributed by atoms with van der Waals surface area (Å²) in [7, 11) is 0. The molecule has 0 saturated carbocycles. The summed E-state index contributed by atoms with van der Waals surface area (Å²) in [5, 5.41) is 2.29. The normalized spacial score (nSPS) is 12.2. The zero-order chi connectivity index (χ0) is 23.2. The van der Waals surface area contributed by atoms with Crippen LogP contribution in [0.3, 0.4) is 0 Å². The lowest BCUT2D eigenvalue weighted by Crippen LogP contribution is -2.09. The largest absolute Gasteiger partial charge is 0.455 e. The van der Waals surface area contributed by atoms with Crippen molar-refractivity contribution in [2.75, 3.05) is 0 Å². The van der Waals surface area contributed by atoms with Crippen LogP contribution in [-0.4, -0.2) is 4.98 Å². The van der Waals surface area contributed by atoms with Gasteiger partial charge < -0.3 is 4.42 Å². The molecular formula is C31H31NO. The average Bonchev–Trinajstić information content (AvgIpc) is 3.17. The van der Waals surface area contributed by atoms with Gasteiger partial charge in [-0.05, 0) is 52.6 Å². The number of hydrogen-bond donors (Lipinski definition) is 0. The van der Waals surface area contributed by atoms with Crippen LogP contribution in [0.1, 0.15) is 51.7 Å². The van der Waals surface area contributed by atoms with E-state index in [1.165, 1.54) is 22.3 Å². The zero-order valence-electron chi connectivity index (χ0n) is 20.1. The number of fused-ring (bicyclic) bond motifs is 3. The third kappa shape index (κ3) is 4.06. The van der Waals surface area contributed by atoms with Gasteiger partial charge in [0, 0.05) is 28.1 Å². The monoisotopic (exact) mass is 433 g/mol. The van der Waals surface area contributed by atoms with Crippen LogP contribution in [0.4, 0.5) is 0 Å². The van der Waals surface area contributed by atoms with Crippen LogP contribution in [-0.2, 0) is 6.42 Å². The molecule has 0 fully saturated rings. The molecule has 0 amide bonds. The topological polar surface area (TPSA) is 26.0 Å². The van der Waals surface area contributed by atoms with Crippen molar-refractivity contribution in [3.63, 3.8) is 0 Å². The smallest absolute Gasteiger partial charge is 0.144 e. The van der Waals surface area contributed by atoms with Crippen LogP contribution in [0.5, 0.6) is 0 Å². The van der Waals surface area contributed by atoms with Gasteiger partial charge in [-0.25, -0.2) is 0 Å². The van der Waals surface area contributed by atoms with Crippen LogP contribution in [0.25, 0.3) is 44.3 Å². The van der Waals surface area contributed by atoms with E-state index < -0.39 is 0 Å². The van der Waals surface area contributed by atoms with E-state index in [9.17, 15) is 0 Å². The second kappa shape index (κ2) is 8.19. The lowest BCUT2D eigenvalue weighted by Gasteiger charge is -2.18. The summed E-state index contributed by atoms with van der Waals surface area (Å²) in [6.45, 7) is 11.3. The highest BCUT2D eigenvalue weighted by atomic mass is 16.3. The van der Waals surface area contributed by atoms with Crippen molar-refractivity contribution in [1.82, 2.24) is 4.98 Å². The van der Waals surface area contributed by atoms with Crippen molar-refractivity contribution >= 4 is 21.9 Å². The van der Waals surface area contributed by atoms with E-state index in [1.807, 2.05) is 6.20 Å². The lowest BCUT2D eigenvalue weighted by molar-refractivity contribution is 0.411. The highest BCUT2D eigenvalue weighted by Gasteiger charge is 2.20. The number of benzene rings is 3. The molecule has 0 N–H and O–H groups in total. The Kier molecular flexibility index (Phi) is 5.32. The summed E-state index contributed by atoms with van der Waals surface area (Å²) in [5.41, 5.74) is 9.09. The van der Waals surface area contributed by atoms with Crippen molar-refractivity contribution < 1.29 is 4.42 Å². The van der Waals surface area contributed by atoms with E-state index in [0.717, 1.165) is 39.6 Å². The highest BCUT2D eigenvalue weighted by Crippen LogP contribution is 2.42. The molecule has 0 atom stereocenters. The summed E-state index contributed by atoms with van der Waals surface area (Å²) in [6, 6.07) is 25.8. The number of rotatable bonds is 4. The molecule has 0 aliphatic carbocycles. The van der Waals surface area contributed by atoms with E-state index in [-0.39, 0.29) is 5.41 Å². The van der Waals surface area contributed by atoms with Gasteiger partial charge in [0.15, 0.2) is 0 Å². The molecule has 0 aliphatic heterocycles. The van der Waals surface area contributed by atoms with Crippen LogP contribution in [0.2, 0.25) is 0 Å². The van der Waals surface area contributed by atoms with Crippen molar-refractivity contribution in [2.45, 2.75) is 47.0 Å². The molecular weight excluding hydrogens is 402 g/mol. The zero-order valence-corrected chi connectivity index (χ0v) is 20.1. The van der Waals surface area contributed by atoms with Crippen LogP contribution in [0.15, 0.2) is 83.4 Å². The maximum absolute atomic E-state index is 6.72. The molecule has 166 valence electrons. The Labute approximate surface area is 196 Å². The summed E-state index contributed by atoms with van der Waals surface area (Å²) in [5.74, 6) is 0.396. The second-order valence-corrected chi connectivity index (χ2v) is 10.5. The minimum absolute atomic E-state index is 0.224. The number of hydrogen-bond acceptors (Lipinski definition) is 2. The Morgan fingerprint density at radius 1 is 0.818 bits per heavy atom. The van der Waals surface area contributed by atoms with Gasteiger partial charge in [-0.3, -0.25) is 4.98 Å². The predicted octanol–water partition coefficient (Wildman–Crippen LogP) is 9.03. The van der Waals surface area contributed by atoms with Crippen LogP contribution < -0.4 is 0 Å². The van der Waals surface area contributed by atoms with Gasteiger partial charge >= 0.3 is 0 Å². The number of para-hydroxylation sites is 1. The molecule has 3 aromatic carbocycles. The number of pyridine rings is 1. The van der Waals surface area contributed by atoms with Gasteiger partial charge in [-0.15, -0.1) is 0 Å². The Balaban J connectivity index is 1.76. The van der Waals surface area contributed by atoms with E-state index in [4.69, 9.17) is 9.40 Å². The fraction of sp³-hybridized carbons (Fsp3) is 0.258. The van der Waals surface area contributed by atoms with Gasteiger partial charge in [-0.2, -0.15) is 0 Å². The highest BCUT2D eigenvalue weighted by molar-refractivity contribution is 6.13. The molecule has 2 heterocycles. The quantitative estimate of drug-likeness (QED) is 0.282. The number of furan rings is 1. The van der Waals surface area contributed by atoms with Crippen molar-refractivity contribution in [1.29, 1.82) is 0 Å². The third-order valence-electron chi connectivity index (χ3n) is 6.22. The number of aromatic nitrogens is 1. The SMILES string of the molecule is CC(C)c1ccc2c(oc3c(-c4cc(CC(C)(C)C)ccn4)cccc32)c1-c1ccccc1. The Morgan fingerprint density at radius 2 is 1.58 bits per heavy atom. The van der Waals surface area contributed by atoms with Crippen LogP contribution >= 0.6 is 0 Å². The molecule has 5 aromatic rings. The Morgan fingerprint density at radius 3 is 2.30 bits per heavy atom. The van der Waals surface area contributed by atoms with E-state index >= 15 is 0 Å². The van der Waals surface area contributed by atoms with E-state index in [1.54, 1.807) is 0 Å². The molecule has 0 unspecified atom stereocenters. The Hall–Kier alpha value is -3.39. The summed E-state index contributed by atoms with van der Waals surface area (Å²) < 4.78 is 6.72. The second-order valence-electron chi connectivity index (χ2n) is 10.5. The molecule has 33 heavy (non-hydrogen) atoms. The standard InChI is InChI=1S/C31H31NO/c1-20(2)23-14-15-25-24-12-9-13-26(27-18-21(16-17-32-27)19-31(3,4)5)29(24)33-30(25)28(23)22-10-7-6-8-11-22/h6-18,20H,19H2,1-5H3. The maximum atomic E-state index is 6.72. The molecule has 0 spiro atoms. The van der Waals surface area contributed by atoms with Gasteiger partial charge in [0.05, 0.1) is 5.69 Å². The van der Waals surface area contributed by atoms with E-state index in [2.05, 4.69) is 107 Å².